The van der Waals surface area contributed by atoms with Gasteiger partial charge in [-0.05, 0) is 43.2 Å². The molecule has 1 amide bonds. The van der Waals surface area contributed by atoms with E-state index in [0.717, 1.165) is 17.7 Å². The minimum absolute atomic E-state index is 0.147. The second kappa shape index (κ2) is 9.46. The molecule has 2 N–H and O–H groups in total. The summed E-state index contributed by atoms with van der Waals surface area (Å²) in [6.07, 6.45) is 0.600. The summed E-state index contributed by atoms with van der Waals surface area (Å²) in [5.74, 6) is -0.197. The van der Waals surface area contributed by atoms with Gasteiger partial charge < -0.3 is 19.9 Å². The number of carboxylic acids is 1. The molecule has 0 fully saturated rings. The zero-order valence-electron chi connectivity index (χ0n) is 14.9. The normalized spacial score (nSPS) is 11.5. The molecule has 2 aromatic carbocycles. The molecule has 1 atom stereocenters. The zero-order valence-corrected chi connectivity index (χ0v) is 14.9. The van der Waals surface area contributed by atoms with Gasteiger partial charge in [-0.15, -0.1) is 0 Å². The maximum atomic E-state index is 12.3. The quantitative estimate of drug-likeness (QED) is 0.720. The van der Waals surface area contributed by atoms with Gasteiger partial charge in [0.1, 0.15) is 17.6 Å². The van der Waals surface area contributed by atoms with Crippen LogP contribution < -0.4 is 14.8 Å². The van der Waals surface area contributed by atoms with Gasteiger partial charge in [-0.3, -0.25) is 4.79 Å². The van der Waals surface area contributed by atoms with Gasteiger partial charge in [0.15, 0.2) is 6.61 Å². The number of carbonyl (C=O) groups excluding carboxylic acids is 1. The van der Waals surface area contributed by atoms with Crippen molar-refractivity contribution in [3.8, 4) is 11.5 Å². The minimum Gasteiger partial charge on any atom is -0.488 e. The third-order valence-electron chi connectivity index (χ3n) is 3.79. The Morgan fingerprint density at radius 2 is 1.92 bits per heavy atom. The lowest BCUT2D eigenvalue weighted by Gasteiger charge is -2.19. The molecule has 0 saturated heterocycles. The average Bonchev–Trinajstić information content (AvgIpc) is 2.64. The highest BCUT2D eigenvalue weighted by Crippen LogP contribution is 2.19. The third kappa shape index (κ3) is 5.81. The third-order valence-corrected chi connectivity index (χ3v) is 3.79. The molecule has 0 aliphatic heterocycles. The largest absolute Gasteiger partial charge is 0.488 e. The number of aryl methyl sites for hydroxylation is 1. The summed E-state index contributed by atoms with van der Waals surface area (Å²) in [7, 11) is 0. The van der Waals surface area contributed by atoms with E-state index < -0.39 is 12.6 Å². The molecule has 0 aromatic heterocycles. The van der Waals surface area contributed by atoms with Gasteiger partial charge in [-0.25, -0.2) is 4.79 Å². The molecule has 0 heterocycles. The Balaban J connectivity index is 1.93. The van der Waals surface area contributed by atoms with Crippen LogP contribution in [0, 0.1) is 6.92 Å². The van der Waals surface area contributed by atoms with Crippen molar-refractivity contribution in [1.29, 1.82) is 0 Å². The highest BCUT2D eigenvalue weighted by molar-refractivity contribution is 5.94. The monoisotopic (exact) mass is 357 g/mol. The molecule has 0 aliphatic carbocycles. The topological polar surface area (TPSA) is 84.9 Å². The first-order valence-corrected chi connectivity index (χ1v) is 8.44. The lowest BCUT2D eigenvalue weighted by molar-refractivity contribution is -0.139. The fourth-order valence-electron chi connectivity index (χ4n) is 2.32. The van der Waals surface area contributed by atoms with Crippen molar-refractivity contribution in [3.63, 3.8) is 0 Å². The van der Waals surface area contributed by atoms with E-state index in [0.29, 0.717) is 17.9 Å². The van der Waals surface area contributed by atoms with Crippen LogP contribution in [0.25, 0.3) is 0 Å². The van der Waals surface area contributed by atoms with Gasteiger partial charge in [0.05, 0.1) is 6.54 Å². The number of para-hydroxylation sites is 1. The van der Waals surface area contributed by atoms with Crippen LogP contribution in [0.5, 0.6) is 11.5 Å². The van der Waals surface area contributed by atoms with Gasteiger partial charge in [-0.1, -0.05) is 31.2 Å². The number of aliphatic carboxylic acids is 1. The number of rotatable bonds is 9. The van der Waals surface area contributed by atoms with Crippen molar-refractivity contribution in [2.75, 3.05) is 13.2 Å². The molecule has 6 nitrogen and oxygen atoms in total. The standard InChI is InChI=1S/C20H23NO5/c1-3-16(26-18-10-5-4-7-14(18)2)12-21-20(24)15-8-6-9-17(11-15)25-13-19(22)23/h4-11,16H,3,12-13H2,1-2H3,(H,21,24)(H,22,23). The van der Waals surface area contributed by atoms with Crippen LogP contribution >= 0.6 is 0 Å². The van der Waals surface area contributed by atoms with Gasteiger partial charge in [0.25, 0.3) is 5.91 Å². The van der Waals surface area contributed by atoms with Crippen molar-refractivity contribution < 1.29 is 24.2 Å². The summed E-state index contributed by atoms with van der Waals surface area (Å²) < 4.78 is 11.1. The van der Waals surface area contributed by atoms with Crippen LogP contribution in [0.1, 0.15) is 29.3 Å². The minimum atomic E-state index is -1.07. The molecule has 0 bridgehead atoms. The molecule has 6 heteroatoms. The number of ether oxygens (including phenoxy) is 2. The van der Waals surface area contributed by atoms with E-state index >= 15 is 0 Å². The fourth-order valence-corrected chi connectivity index (χ4v) is 2.32. The number of carboxylic acid groups (broad SMARTS) is 1. The van der Waals surface area contributed by atoms with Crippen molar-refractivity contribution in [3.05, 3.63) is 59.7 Å². The average molecular weight is 357 g/mol. The lowest BCUT2D eigenvalue weighted by atomic mass is 10.2. The summed E-state index contributed by atoms with van der Waals surface area (Å²) in [5.41, 5.74) is 1.44. The van der Waals surface area contributed by atoms with Crippen LogP contribution in [-0.4, -0.2) is 36.2 Å². The second-order valence-corrected chi connectivity index (χ2v) is 5.83. The predicted octanol–water partition coefficient (Wildman–Crippen LogP) is 3.05. The first kappa shape index (κ1) is 19.3. The van der Waals surface area contributed by atoms with E-state index in [2.05, 4.69) is 5.32 Å². The molecular formula is C20H23NO5. The first-order chi connectivity index (χ1) is 12.5. The number of amides is 1. The van der Waals surface area contributed by atoms with Crippen LogP contribution in [0.4, 0.5) is 0 Å². The molecular weight excluding hydrogens is 334 g/mol. The maximum absolute atomic E-state index is 12.3. The van der Waals surface area contributed by atoms with Gasteiger partial charge in [-0.2, -0.15) is 0 Å². The molecule has 0 spiro atoms. The van der Waals surface area contributed by atoms with Crippen LogP contribution in [0.3, 0.4) is 0 Å². The summed E-state index contributed by atoms with van der Waals surface area (Å²) >= 11 is 0. The number of nitrogens with one attached hydrogen (secondary N) is 1. The second-order valence-electron chi connectivity index (χ2n) is 5.83. The van der Waals surface area contributed by atoms with E-state index in [1.807, 2.05) is 38.1 Å². The molecule has 2 aromatic rings. The van der Waals surface area contributed by atoms with Crippen LogP contribution in [0.15, 0.2) is 48.5 Å². The SMILES string of the molecule is CCC(CNC(=O)c1cccc(OCC(=O)O)c1)Oc1ccccc1C. The Bertz CT molecular complexity index is 759. The van der Waals surface area contributed by atoms with Crippen molar-refractivity contribution in [2.45, 2.75) is 26.4 Å². The Hall–Kier alpha value is -3.02. The summed E-state index contributed by atoms with van der Waals surface area (Å²) in [6.45, 7) is 3.88. The maximum Gasteiger partial charge on any atom is 0.341 e. The van der Waals surface area contributed by atoms with Gasteiger partial charge in [0, 0.05) is 5.56 Å². The molecule has 2 rings (SSSR count). The van der Waals surface area contributed by atoms with E-state index in [1.165, 1.54) is 6.07 Å². The van der Waals surface area contributed by atoms with Crippen molar-refractivity contribution in [1.82, 2.24) is 5.32 Å². The summed E-state index contributed by atoms with van der Waals surface area (Å²) in [4.78, 5) is 22.9. The van der Waals surface area contributed by atoms with Gasteiger partial charge in [0.2, 0.25) is 0 Å². The number of hydrogen-bond acceptors (Lipinski definition) is 4. The smallest absolute Gasteiger partial charge is 0.341 e. The zero-order chi connectivity index (χ0) is 18.9. The van der Waals surface area contributed by atoms with E-state index in [-0.39, 0.29) is 12.0 Å². The van der Waals surface area contributed by atoms with Crippen LogP contribution in [-0.2, 0) is 4.79 Å². The van der Waals surface area contributed by atoms with Crippen molar-refractivity contribution in [2.24, 2.45) is 0 Å². The molecule has 0 aliphatic rings. The molecule has 1 unspecified atom stereocenters. The number of carbonyl (C=O) groups is 2. The molecule has 26 heavy (non-hydrogen) atoms. The Kier molecular flexibility index (Phi) is 7.02. The lowest BCUT2D eigenvalue weighted by Crippen LogP contribution is -2.35. The Labute approximate surface area is 152 Å². The summed E-state index contributed by atoms with van der Waals surface area (Å²) in [6, 6.07) is 14.2. The summed E-state index contributed by atoms with van der Waals surface area (Å²) in [5, 5.41) is 11.5. The number of benzene rings is 2. The highest BCUT2D eigenvalue weighted by Gasteiger charge is 2.13. The number of hydrogen-bond donors (Lipinski definition) is 2. The molecule has 0 saturated carbocycles. The Morgan fingerprint density at radius 3 is 2.62 bits per heavy atom. The Morgan fingerprint density at radius 1 is 1.15 bits per heavy atom. The first-order valence-electron chi connectivity index (χ1n) is 8.44. The van der Waals surface area contributed by atoms with E-state index in [1.54, 1.807) is 18.2 Å². The van der Waals surface area contributed by atoms with E-state index in [4.69, 9.17) is 14.6 Å². The van der Waals surface area contributed by atoms with Gasteiger partial charge >= 0.3 is 5.97 Å². The van der Waals surface area contributed by atoms with E-state index in [9.17, 15) is 9.59 Å². The molecule has 0 radical (unpaired) electrons. The predicted molar refractivity (Wildman–Crippen MR) is 97.8 cm³/mol. The van der Waals surface area contributed by atoms with Crippen LogP contribution in [0.2, 0.25) is 0 Å². The van der Waals surface area contributed by atoms with Crippen molar-refractivity contribution >= 4 is 11.9 Å². The fraction of sp³-hybridized carbons (Fsp3) is 0.300. The highest BCUT2D eigenvalue weighted by atomic mass is 16.5. The molecule has 138 valence electrons.